The van der Waals surface area contributed by atoms with Crippen LogP contribution in [0.3, 0.4) is 0 Å². The van der Waals surface area contributed by atoms with Crippen LogP contribution in [-0.2, 0) is 17.8 Å². The molecule has 3 aromatic rings. The van der Waals surface area contributed by atoms with Crippen molar-refractivity contribution in [2.24, 2.45) is 5.92 Å². The van der Waals surface area contributed by atoms with Gasteiger partial charge in [-0.25, -0.2) is 4.98 Å². The SMILES string of the molecule is O=c1c2c(-c3cccs3)csc2nc(CN2CCOCC2)n1CC1CCCCC1. The Balaban J connectivity index is 1.57. The quantitative estimate of drug-likeness (QED) is 0.595. The van der Waals surface area contributed by atoms with Crippen molar-refractivity contribution in [3.63, 3.8) is 0 Å². The highest BCUT2D eigenvalue weighted by Crippen LogP contribution is 2.34. The summed E-state index contributed by atoms with van der Waals surface area (Å²) in [6.45, 7) is 4.87. The molecule has 5 rings (SSSR count). The molecule has 3 aromatic heterocycles. The van der Waals surface area contributed by atoms with Gasteiger partial charge in [0.1, 0.15) is 10.7 Å². The van der Waals surface area contributed by atoms with Crippen molar-refractivity contribution < 1.29 is 4.74 Å². The van der Waals surface area contributed by atoms with E-state index in [-0.39, 0.29) is 5.56 Å². The van der Waals surface area contributed by atoms with E-state index in [4.69, 9.17) is 9.72 Å². The fourth-order valence-electron chi connectivity index (χ4n) is 4.58. The Morgan fingerprint density at radius 2 is 1.97 bits per heavy atom. The number of hydrogen-bond donors (Lipinski definition) is 0. The lowest BCUT2D eigenvalue weighted by molar-refractivity contribution is 0.0323. The Bertz CT molecular complexity index is 1010. The molecule has 0 atom stereocenters. The van der Waals surface area contributed by atoms with Crippen LogP contribution in [0.4, 0.5) is 0 Å². The van der Waals surface area contributed by atoms with Crippen LogP contribution in [0.1, 0.15) is 37.9 Å². The third-order valence-electron chi connectivity index (χ3n) is 6.19. The van der Waals surface area contributed by atoms with Crippen molar-refractivity contribution in [3.05, 3.63) is 39.1 Å². The molecule has 1 saturated heterocycles. The second-order valence-corrected chi connectivity index (χ2v) is 9.95. The average molecular weight is 430 g/mol. The molecule has 0 radical (unpaired) electrons. The van der Waals surface area contributed by atoms with Gasteiger partial charge in [-0.3, -0.25) is 14.3 Å². The van der Waals surface area contributed by atoms with Crippen molar-refractivity contribution in [1.82, 2.24) is 14.5 Å². The molecule has 154 valence electrons. The predicted octanol–water partition coefficient (Wildman–Crippen LogP) is 4.60. The van der Waals surface area contributed by atoms with E-state index < -0.39 is 0 Å². The summed E-state index contributed by atoms with van der Waals surface area (Å²) in [5, 5.41) is 4.98. The van der Waals surface area contributed by atoms with Gasteiger partial charge in [0.25, 0.3) is 5.56 Å². The third kappa shape index (κ3) is 4.06. The Hall–Kier alpha value is -1.54. The number of ether oxygens (including phenoxy) is 1. The Labute approximate surface area is 179 Å². The van der Waals surface area contributed by atoms with Crippen LogP contribution in [0.5, 0.6) is 0 Å². The molecule has 7 heteroatoms. The Morgan fingerprint density at radius 1 is 1.14 bits per heavy atom. The molecule has 29 heavy (non-hydrogen) atoms. The molecule has 1 aliphatic carbocycles. The standard InChI is InChI=1S/C22H27N3O2S2/c26-22-20-17(18-7-4-12-28-18)15-29-21(20)23-19(14-24-8-10-27-11-9-24)25(22)13-16-5-2-1-3-6-16/h4,7,12,15-16H,1-3,5-6,8-11,13-14H2. The summed E-state index contributed by atoms with van der Waals surface area (Å²) in [4.78, 5) is 23.2. The minimum atomic E-state index is 0.147. The van der Waals surface area contributed by atoms with Gasteiger partial charge in [-0.2, -0.15) is 0 Å². The van der Waals surface area contributed by atoms with Gasteiger partial charge in [0.15, 0.2) is 0 Å². The molecule has 2 fully saturated rings. The zero-order valence-corrected chi connectivity index (χ0v) is 18.3. The Kier molecular flexibility index (Phi) is 5.81. The maximum absolute atomic E-state index is 13.7. The minimum absolute atomic E-state index is 0.147. The molecule has 1 aliphatic heterocycles. The summed E-state index contributed by atoms with van der Waals surface area (Å²) in [7, 11) is 0. The molecule has 0 bridgehead atoms. The minimum Gasteiger partial charge on any atom is -0.379 e. The fourth-order valence-corrected chi connectivity index (χ4v) is 6.35. The second-order valence-electron chi connectivity index (χ2n) is 8.14. The number of aromatic nitrogens is 2. The van der Waals surface area contributed by atoms with Crippen LogP contribution >= 0.6 is 22.7 Å². The lowest BCUT2D eigenvalue weighted by atomic mass is 9.89. The molecule has 0 spiro atoms. The van der Waals surface area contributed by atoms with E-state index >= 15 is 0 Å². The smallest absolute Gasteiger partial charge is 0.262 e. The molecule has 0 aromatic carbocycles. The number of fused-ring (bicyclic) bond motifs is 1. The first-order chi connectivity index (χ1) is 14.3. The number of nitrogens with zero attached hydrogens (tertiary/aromatic N) is 3. The Morgan fingerprint density at radius 3 is 2.72 bits per heavy atom. The summed E-state index contributed by atoms with van der Waals surface area (Å²) in [5.41, 5.74) is 1.20. The van der Waals surface area contributed by atoms with Crippen LogP contribution in [0.15, 0.2) is 27.7 Å². The zero-order chi connectivity index (χ0) is 19.6. The van der Waals surface area contributed by atoms with Crippen molar-refractivity contribution >= 4 is 32.9 Å². The molecule has 1 saturated carbocycles. The fraction of sp³-hybridized carbons (Fsp3) is 0.545. The molecule has 2 aliphatic rings. The molecule has 4 heterocycles. The maximum atomic E-state index is 13.7. The highest BCUT2D eigenvalue weighted by atomic mass is 32.1. The summed E-state index contributed by atoms with van der Waals surface area (Å²) in [6, 6.07) is 4.14. The van der Waals surface area contributed by atoms with Crippen molar-refractivity contribution in [2.45, 2.75) is 45.2 Å². The van der Waals surface area contributed by atoms with Gasteiger partial charge < -0.3 is 4.74 Å². The number of morpholine rings is 1. The van der Waals surface area contributed by atoms with E-state index in [0.29, 0.717) is 5.92 Å². The van der Waals surface area contributed by atoms with Crippen molar-refractivity contribution in [3.8, 4) is 10.4 Å². The van der Waals surface area contributed by atoms with E-state index in [1.165, 1.54) is 32.1 Å². The lowest BCUT2D eigenvalue weighted by Gasteiger charge is -2.28. The molecular weight excluding hydrogens is 402 g/mol. The first kappa shape index (κ1) is 19.4. The second kappa shape index (κ2) is 8.68. The van der Waals surface area contributed by atoms with E-state index in [0.717, 1.165) is 65.9 Å². The predicted molar refractivity (Wildman–Crippen MR) is 120 cm³/mol. The van der Waals surface area contributed by atoms with Crippen molar-refractivity contribution in [2.75, 3.05) is 26.3 Å². The van der Waals surface area contributed by atoms with Crippen LogP contribution in [0.25, 0.3) is 20.7 Å². The zero-order valence-electron chi connectivity index (χ0n) is 16.6. The molecule has 0 amide bonds. The number of hydrogen-bond acceptors (Lipinski definition) is 6. The third-order valence-corrected chi connectivity index (χ3v) is 7.97. The summed E-state index contributed by atoms with van der Waals surface area (Å²) < 4.78 is 7.51. The molecule has 0 N–H and O–H groups in total. The normalized spacial score (nSPS) is 19.2. The summed E-state index contributed by atoms with van der Waals surface area (Å²) in [6.07, 6.45) is 6.35. The molecule has 0 unspecified atom stereocenters. The van der Waals surface area contributed by atoms with Crippen LogP contribution in [0.2, 0.25) is 0 Å². The van der Waals surface area contributed by atoms with Gasteiger partial charge in [-0.15, -0.1) is 22.7 Å². The van der Waals surface area contributed by atoms with E-state index in [1.54, 1.807) is 22.7 Å². The number of thiophene rings is 2. The van der Waals surface area contributed by atoms with Crippen molar-refractivity contribution in [1.29, 1.82) is 0 Å². The highest BCUT2D eigenvalue weighted by Gasteiger charge is 2.23. The molecular formula is C22H27N3O2S2. The van der Waals surface area contributed by atoms with Crippen LogP contribution < -0.4 is 5.56 Å². The maximum Gasteiger partial charge on any atom is 0.262 e. The topological polar surface area (TPSA) is 47.4 Å². The molecule has 5 nitrogen and oxygen atoms in total. The van der Waals surface area contributed by atoms with Crippen LogP contribution in [-0.4, -0.2) is 40.8 Å². The summed E-state index contributed by atoms with van der Waals surface area (Å²) in [5.74, 6) is 1.52. The van der Waals surface area contributed by atoms with Gasteiger partial charge in [0.05, 0.1) is 25.1 Å². The van der Waals surface area contributed by atoms with E-state index in [2.05, 4.69) is 21.7 Å². The van der Waals surface area contributed by atoms with E-state index in [9.17, 15) is 4.79 Å². The van der Waals surface area contributed by atoms with Gasteiger partial charge in [0, 0.05) is 35.5 Å². The van der Waals surface area contributed by atoms with Gasteiger partial charge >= 0.3 is 0 Å². The number of rotatable bonds is 5. The van der Waals surface area contributed by atoms with Gasteiger partial charge in [-0.05, 0) is 30.2 Å². The van der Waals surface area contributed by atoms with Crippen LogP contribution in [0, 0.1) is 5.92 Å². The lowest BCUT2D eigenvalue weighted by Crippen LogP contribution is -2.38. The monoisotopic (exact) mass is 429 g/mol. The average Bonchev–Trinajstić information content (AvgIpc) is 3.42. The van der Waals surface area contributed by atoms with Gasteiger partial charge in [0.2, 0.25) is 0 Å². The van der Waals surface area contributed by atoms with E-state index in [1.807, 2.05) is 10.6 Å². The van der Waals surface area contributed by atoms with Gasteiger partial charge in [-0.1, -0.05) is 25.3 Å². The first-order valence-electron chi connectivity index (χ1n) is 10.6. The first-order valence-corrected chi connectivity index (χ1v) is 12.4. The summed E-state index contributed by atoms with van der Waals surface area (Å²) >= 11 is 3.28. The largest absolute Gasteiger partial charge is 0.379 e. The highest BCUT2D eigenvalue weighted by molar-refractivity contribution is 7.18.